The summed E-state index contributed by atoms with van der Waals surface area (Å²) in [6.45, 7) is 3.47. The number of nitrogens with one attached hydrogen (secondary N) is 1. The number of para-hydroxylation sites is 1. The van der Waals surface area contributed by atoms with Gasteiger partial charge in [-0.15, -0.1) is 0 Å². The number of hydrogen-bond acceptors (Lipinski definition) is 4. The fourth-order valence-electron chi connectivity index (χ4n) is 2.29. The van der Waals surface area contributed by atoms with Crippen LogP contribution in [0, 0.1) is 0 Å². The van der Waals surface area contributed by atoms with Crippen LogP contribution in [0.4, 0.5) is 5.69 Å². The first-order valence-electron chi connectivity index (χ1n) is 6.73. The van der Waals surface area contributed by atoms with Gasteiger partial charge in [-0.05, 0) is 13.0 Å². The summed E-state index contributed by atoms with van der Waals surface area (Å²) in [4.78, 5) is 18.1. The lowest BCUT2D eigenvalue weighted by Crippen LogP contribution is -2.36. The van der Waals surface area contributed by atoms with E-state index in [9.17, 15) is 4.79 Å². The lowest BCUT2D eigenvalue weighted by atomic mass is 10.1. The summed E-state index contributed by atoms with van der Waals surface area (Å²) in [5, 5.41) is 3.69. The molecule has 0 aliphatic heterocycles. The normalized spacial score (nSPS) is 10.6. The highest BCUT2D eigenvalue weighted by Crippen LogP contribution is 2.29. The molecule has 1 amide bonds. The zero-order valence-corrected chi connectivity index (χ0v) is 11.9. The van der Waals surface area contributed by atoms with Crippen LogP contribution in [0.25, 0.3) is 10.9 Å². The molecule has 0 atom stereocenters. The van der Waals surface area contributed by atoms with E-state index in [4.69, 9.17) is 5.73 Å². The van der Waals surface area contributed by atoms with E-state index in [1.807, 2.05) is 36.1 Å². The molecule has 0 saturated heterocycles. The van der Waals surface area contributed by atoms with Crippen molar-refractivity contribution in [2.45, 2.75) is 13.5 Å². The van der Waals surface area contributed by atoms with Crippen molar-refractivity contribution in [2.75, 3.05) is 25.0 Å². The number of rotatable bonds is 5. The molecule has 5 nitrogen and oxygen atoms in total. The molecule has 0 fully saturated rings. The number of anilines is 1. The van der Waals surface area contributed by atoms with Crippen LogP contribution in [-0.2, 0) is 11.3 Å². The van der Waals surface area contributed by atoms with Gasteiger partial charge < -0.3 is 16.0 Å². The van der Waals surface area contributed by atoms with Crippen molar-refractivity contribution >= 4 is 22.5 Å². The van der Waals surface area contributed by atoms with E-state index in [0.717, 1.165) is 28.7 Å². The van der Waals surface area contributed by atoms with Crippen LogP contribution in [0.3, 0.4) is 0 Å². The minimum Gasteiger partial charge on any atom is -0.362 e. The smallest absolute Gasteiger partial charge is 0.239 e. The first kappa shape index (κ1) is 14.3. The highest BCUT2D eigenvalue weighted by molar-refractivity contribution is 5.95. The quantitative estimate of drug-likeness (QED) is 0.859. The molecule has 0 aliphatic rings. The predicted octanol–water partition coefficient (Wildman–Crippen LogP) is 1.27. The highest BCUT2D eigenvalue weighted by atomic mass is 16.1. The number of pyridine rings is 1. The summed E-state index contributed by atoms with van der Waals surface area (Å²) < 4.78 is 0. The molecule has 5 heteroatoms. The molecular weight excluding hydrogens is 252 g/mol. The fourth-order valence-corrected chi connectivity index (χ4v) is 2.29. The molecule has 3 N–H and O–H groups in total. The SMILES string of the molecule is CCN(CC(=O)NC)c1c(CN)cnc2ccccc12. The summed E-state index contributed by atoms with van der Waals surface area (Å²) in [5.41, 5.74) is 8.70. The van der Waals surface area contributed by atoms with Gasteiger partial charge in [0.05, 0.1) is 17.7 Å². The van der Waals surface area contributed by atoms with Crippen molar-refractivity contribution in [3.05, 3.63) is 36.0 Å². The number of carbonyl (C=O) groups is 1. The Morgan fingerprint density at radius 3 is 2.80 bits per heavy atom. The Hall–Kier alpha value is -2.14. The first-order valence-corrected chi connectivity index (χ1v) is 6.73. The first-order chi connectivity index (χ1) is 9.71. The zero-order chi connectivity index (χ0) is 14.5. The Labute approximate surface area is 118 Å². The van der Waals surface area contributed by atoms with Crippen LogP contribution >= 0.6 is 0 Å². The minimum atomic E-state index is -0.0179. The van der Waals surface area contributed by atoms with Gasteiger partial charge in [-0.3, -0.25) is 9.78 Å². The van der Waals surface area contributed by atoms with Gasteiger partial charge in [-0.1, -0.05) is 18.2 Å². The maximum Gasteiger partial charge on any atom is 0.239 e. The number of fused-ring (bicyclic) bond motifs is 1. The molecule has 2 rings (SSSR count). The van der Waals surface area contributed by atoms with Crippen molar-refractivity contribution in [3.8, 4) is 0 Å². The van der Waals surface area contributed by atoms with Crippen molar-refractivity contribution in [2.24, 2.45) is 5.73 Å². The van der Waals surface area contributed by atoms with Gasteiger partial charge in [0.1, 0.15) is 0 Å². The van der Waals surface area contributed by atoms with Crippen molar-refractivity contribution in [1.29, 1.82) is 0 Å². The molecule has 1 aromatic heterocycles. The van der Waals surface area contributed by atoms with E-state index in [0.29, 0.717) is 13.1 Å². The average Bonchev–Trinajstić information content (AvgIpc) is 2.51. The molecule has 0 saturated carbocycles. The zero-order valence-electron chi connectivity index (χ0n) is 11.9. The largest absolute Gasteiger partial charge is 0.362 e. The van der Waals surface area contributed by atoms with Gasteiger partial charge in [0.2, 0.25) is 5.91 Å². The Kier molecular flexibility index (Phi) is 4.53. The predicted molar refractivity (Wildman–Crippen MR) is 81.6 cm³/mol. The monoisotopic (exact) mass is 272 g/mol. The van der Waals surface area contributed by atoms with E-state index in [1.165, 1.54) is 0 Å². The molecule has 0 aliphatic carbocycles. The van der Waals surface area contributed by atoms with E-state index < -0.39 is 0 Å². The highest BCUT2D eigenvalue weighted by Gasteiger charge is 2.16. The Balaban J connectivity index is 2.56. The lowest BCUT2D eigenvalue weighted by Gasteiger charge is -2.26. The second-order valence-corrected chi connectivity index (χ2v) is 4.54. The summed E-state index contributed by atoms with van der Waals surface area (Å²) in [5.74, 6) is -0.0179. The Morgan fingerprint density at radius 1 is 1.40 bits per heavy atom. The summed E-state index contributed by atoms with van der Waals surface area (Å²) in [6.07, 6.45) is 1.80. The number of amides is 1. The summed E-state index contributed by atoms with van der Waals surface area (Å²) >= 11 is 0. The molecule has 20 heavy (non-hydrogen) atoms. The fraction of sp³-hybridized carbons (Fsp3) is 0.333. The molecule has 0 unspecified atom stereocenters. The third-order valence-electron chi connectivity index (χ3n) is 3.35. The molecule has 106 valence electrons. The number of likely N-dealkylation sites (N-methyl/N-ethyl adjacent to an activating group) is 2. The Morgan fingerprint density at radius 2 is 2.15 bits per heavy atom. The van der Waals surface area contributed by atoms with E-state index in [-0.39, 0.29) is 5.91 Å². The Bertz CT molecular complexity index is 612. The van der Waals surface area contributed by atoms with Crippen LogP contribution < -0.4 is 16.0 Å². The number of nitrogens with zero attached hydrogens (tertiary/aromatic N) is 2. The van der Waals surface area contributed by atoms with E-state index in [1.54, 1.807) is 13.2 Å². The molecule has 0 spiro atoms. The number of hydrogen-bond donors (Lipinski definition) is 2. The molecule has 1 aromatic carbocycles. The van der Waals surface area contributed by atoms with Gasteiger partial charge in [0, 0.05) is 37.3 Å². The van der Waals surface area contributed by atoms with Gasteiger partial charge in [0.15, 0.2) is 0 Å². The third kappa shape index (κ3) is 2.72. The van der Waals surface area contributed by atoms with Crippen LogP contribution in [0.15, 0.2) is 30.5 Å². The molecule has 2 aromatic rings. The van der Waals surface area contributed by atoms with Gasteiger partial charge in [0.25, 0.3) is 0 Å². The maximum atomic E-state index is 11.7. The average molecular weight is 272 g/mol. The number of benzene rings is 1. The van der Waals surface area contributed by atoms with E-state index in [2.05, 4.69) is 10.3 Å². The number of aromatic nitrogens is 1. The van der Waals surface area contributed by atoms with Gasteiger partial charge in [-0.25, -0.2) is 0 Å². The minimum absolute atomic E-state index is 0.0179. The number of carbonyl (C=O) groups excluding carboxylic acids is 1. The third-order valence-corrected chi connectivity index (χ3v) is 3.35. The van der Waals surface area contributed by atoms with Crippen LogP contribution in [-0.4, -0.2) is 31.0 Å². The molecule has 0 bridgehead atoms. The van der Waals surface area contributed by atoms with Crippen molar-refractivity contribution < 1.29 is 4.79 Å². The molecular formula is C15H20N4O. The second kappa shape index (κ2) is 6.34. The maximum absolute atomic E-state index is 11.7. The number of nitrogens with two attached hydrogens (primary N) is 1. The lowest BCUT2D eigenvalue weighted by molar-refractivity contribution is -0.119. The van der Waals surface area contributed by atoms with Crippen molar-refractivity contribution in [1.82, 2.24) is 10.3 Å². The van der Waals surface area contributed by atoms with Crippen LogP contribution in [0.1, 0.15) is 12.5 Å². The van der Waals surface area contributed by atoms with E-state index >= 15 is 0 Å². The standard InChI is InChI=1S/C15H20N4O/c1-3-19(10-14(20)17-2)15-11(8-16)9-18-13-7-5-4-6-12(13)15/h4-7,9H,3,8,10,16H2,1-2H3,(H,17,20). The topological polar surface area (TPSA) is 71.2 Å². The summed E-state index contributed by atoms with van der Waals surface area (Å²) in [6, 6.07) is 7.91. The van der Waals surface area contributed by atoms with Gasteiger partial charge in [-0.2, -0.15) is 0 Å². The molecule has 1 heterocycles. The summed E-state index contributed by atoms with van der Waals surface area (Å²) in [7, 11) is 1.64. The van der Waals surface area contributed by atoms with Gasteiger partial charge >= 0.3 is 0 Å². The van der Waals surface area contributed by atoms with Crippen molar-refractivity contribution in [3.63, 3.8) is 0 Å². The van der Waals surface area contributed by atoms with Crippen LogP contribution in [0.5, 0.6) is 0 Å². The van der Waals surface area contributed by atoms with Crippen LogP contribution in [0.2, 0.25) is 0 Å². The molecule has 0 radical (unpaired) electrons. The second-order valence-electron chi connectivity index (χ2n) is 4.54.